The van der Waals surface area contributed by atoms with Gasteiger partial charge in [0.15, 0.2) is 5.17 Å². The van der Waals surface area contributed by atoms with E-state index in [0.717, 1.165) is 24.3 Å². The molecule has 0 bridgehead atoms. The minimum atomic E-state index is -0.0399. The predicted octanol–water partition coefficient (Wildman–Crippen LogP) is 2.49. The zero-order chi connectivity index (χ0) is 14.7. The Kier molecular flexibility index (Phi) is 4.45. The van der Waals surface area contributed by atoms with Gasteiger partial charge in [0, 0.05) is 24.3 Å². The summed E-state index contributed by atoms with van der Waals surface area (Å²) in [6.45, 7) is 2.18. The molecule has 2 fully saturated rings. The third-order valence-electron chi connectivity index (χ3n) is 3.39. The van der Waals surface area contributed by atoms with Crippen molar-refractivity contribution in [2.24, 2.45) is 10.2 Å². The maximum Gasteiger partial charge on any atom is 0.236 e. The second-order valence-electron chi connectivity index (χ2n) is 4.89. The molecule has 0 radical (unpaired) electrons. The average molecular weight is 323 g/mol. The van der Waals surface area contributed by atoms with Crippen LogP contribution in [0.5, 0.6) is 0 Å². The third kappa shape index (κ3) is 3.57. The maximum atomic E-state index is 11.0. The summed E-state index contributed by atoms with van der Waals surface area (Å²) in [4.78, 5) is 13.3. The van der Waals surface area contributed by atoms with Crippen LogP contribution >= 0.6 is 23.4 Å². The second kappa shape index (κ2) is 6.49. The molecule has 7 heteroatoms. The molecule has 2 aliphatic heterocycles. The molecule has 2 aliphatic rings. The number of rotatable bonds is 3. The normalized spacial score (nSPS) is 20.7. The van der Waals surface area contributed by atoms with E-state index in [-0.39, 0.29) is 5.91 Å². The highest BCUT2D eigenvalue weighted by Gasteiger charge is 2.16. The lowest BCUT2D eigenvalue weighted by Crippen LogP contribution is -2.19. The van der Waals surface area contributed by atoms with E-state index in [9.17, 15) is 4.79 Å². The van der Waals surface area contributed by atoms with Crippen molar-refractivity contribution in [1.29, 1.82) is 0 Å². The topological polar surface area (TPSA) is 57.1 Å². The second-order valence-corrected chi connectivity index (χ2v) is 6.26. The fourth-order valence-electron chi connectivity index (χ4n) is 2.32. The summed E-state index contributed by atoms with van der Waals surface area (Å²) < 4.78 is 0. The van der Waals surface area contributed by atoms with Gasteiger partial charge in [-0.3, -0.25) is 4.79 Å². The van der Waals surface area contributed by atoms with Crippen molar-refractivity contribution in [3.05, 3.63) is 28.8 Å². The number of nitrogens with zero attached hydrogens (tertiary/aromatic N) is 3. The van der Waals surface area contributed by atoms with Crippen LogP contribution in [0.25, 0.3) is 0 Å². The zero-order valence-corrected chi connectivity index (χ0v) is 13.0. The fraction of sp³-hybridized carbons (Fsp3) is 0.357. The molecule has 21 heavy (non-hydrogen) atoms. The van der Waals surface area contributed by atoms with Crippen LogP contribution in [0.4, 0.5) is 5.69 Å². The molecule has 0 atom stereocenters. The molecule has 5 nitrogen and oxygen atoms in total. The molecule has 0 aromatic heterocycles. The maximum absolute atomic E-state index is 11.0. The Morgan fingerprint density at radius 3 is 2.81 bits per heavy atom. The van der Waals surface area contributed by atoms with Gasteiger partial charge in [-0.25, -0.2) is 0 Å². The van der Waals surface area contributed by atoms with Crippen molar-refractivity contribution in [1.82, 2.24) is 5.32 Å². The van der Waals surface area contributed by atoms with Crippen LogP contribution in [0.3, 0.4) is 0 Å². The molecule has 1 aromatic rings. The summed E-state index contributed by atoms with van der Waals surface area (Å²) in [6, 6.07) is 5.96. The lowest BCUT2D eigenvalue weighted by molar-refractivity contribution is -0.116. The zero-order valence-electron chi connectivity index (χ0n) is 11.4. The van der Waals surface area contributed by atoms with Crippen LogP contribution in [0.2, 0.25) is 5.02 Å². The first-order valence-electron chi connectivity index (χ1n) is 6.80. The highest BCUT2D eigenvalue weighted by molar-refractivity contribution is 8.15. The van der Waals surface area contributed by atoms with Gasteiger partial charge in [-0.2, -0.15) is 5.10 Å². The standard InChI is InChI=1S/C14H15ClN4OS/c15-12-7-11(19-5-1-2-6-19)4-3-10(12)8-16-18-14-17-13(20)9-21-14/h3-4,7-8H,1-2,5-6,9H2,(H,17,18,20). The molecule has 2 heterocycles. The number of halogens is 1. The van der Waals surface area contributed by atoms with Crippen molar-refractivity contribution < 1.29 is 4.79 Å². The largest absolute Gasteiger partial charge is 0.371 e. The molecule has 110 valence electrons. The van der Waals surface area contributed by atoms with Crippen LogP contribution < -0.4 is 10.2 Å². The Bertz CT molecular complexity index is 611. The first-order chi connectivity index (χ1) is 10.2. The quantitative estimate of drug-likeness (QED) is 0.687. The van der Waals surface area contributed by atoms with E-state index in [1.54, 1.807) is 6.21 Å². The van der Waals surface area contributed by atoms with Gasteiger partial charge in [0.05, 0.1) is 17.0 Å². The summed E-state index contributed by atoms with van der Waals surface area (Å²) >= 11 is 7.63. The Balaban J connectivity index is 1.69. The van der Waals surface area contributed by atoms with E-state index in [2.05, 4.69) is 26.5 Å². The Hall–Kier alpha value is -1.53. The number of thioether (sulfide) groups is 1. The molecule has 1 amide bonds. The van der Waals surface area contributed by atoms with Crippen LogP contribution in [-0.2, 0) is 4.79 Å². The first-order valence-corrected chi connectivity index (χ1v) is 8.17. The average Bonchev–Trinajstić information content (AvgIpc) is 3.12. The molecule has 0 aliphatic carbocycles. The van der Waals surface area contributed by atoms with E-state index in [0.29, 0.717) is 15.9 Å². The number of carbonyl (C=O) groups excluding carboxylic acids is 1. The smallest absolute Gasteiger partial charge is 0.236 e. The van der Waals surface area contributed by atoms with E-state index in [1.165, 1.54) is 24.6 Å². The van der Waals surface area contributed by atoms with Crippen molar-refractivity contribution in [2.45, 2.75) is 12.8 Å². The van der Waals surface area contributed by atoms with Gasteiger partial charge in [-0.15, -0.1) is 5.10 Å². The van der Waals surface area contributed by atoms with Crippen molar-refractivity contribution >= 4 is 46.3 Å². The summed E-state index contributed by atoms with van der Waals surface area (Å²) in [5, 5.41) is 11.7. The predicted molar refractivity (Wildman–Crippen MR) is 88.5 cm³/mol. The lowest BCUT2D eigenvalue weighted by atomic mass is 10.2. The highest BCUT2D eigenvalue weighted by atomic mass is 35.5. The monoisotopic (exact) mass is 322 g/mol. The van der Waals surface area contributed by atoms with Crippen molar-refractivity contribution in [3.8, 4) is 0 Å². The Morgan fingerprint density at radius 2 is 2.14 bits per heavy atom. The molecule has 1 N–H and O–H groups in total. The summed E-state index contributed by atoms with van der Waals surface area (Å²) in [7, 11) is 0. The number of hydrogen-bond acceptors (Lipinski definition) is 5. The molecule has 3 rings (SSSR count). The van der Waals surface area contributed by atoms with Crippen molar-refractivity contribution in [2.75, 3.05) is 23.7 Å². The van der Waals surface area contributed by atoms with Crippen LogP contribution in [0.1, 0.15) is 18.4 Å². The van der Waals surface area contributed by atoms with Crippen LogP contribution in [-0.4, -0.2) is 36.1 Å². The minimum Gasteiger partial charge on any atom is -0.371 e. The Labute approximate surface area is 132 Å². The Morgan fingerprint density at radius 1 is 1.33 bits per heavy atom. The van der Waals surface area contributed by atoms with Gasteiger partial charge in [0.25, 0.3) is 0 Å². The number of nitrogens with one attached hydrogen (secondary N) is 1. The molecule has 0 unspecified atom stereocenters. The molecular formula is C14H15ClN4OS. The number of hydrogen-bond donors (Lipinski definition) is 1. The van der Waals surface area contributed by atoms with Crippen molar-refractivity contribution in [3.63, 3.8) is 0 Å². The number of amides is 1. The number of benzene rings is 1. The van der Waals surface area contributed by atoms with Crippen LogP contribution in [0, 0.1) is 0 Å². The van der Waals surface area contributed by atoms with E-state index < -0.39 is 0 Å². The molecule has 0 saturated carbocycles. The van der Waals surface area contributed by atoms with Gasteiger partial charge in [-0.05, 0) is 31.0 Å². The lowest BCUT2D eigenvalue weighted by Gasteiger charge is -2.18. The number of carbonyl (C=O) groups is 1. The van der Waals surface area contributed by atoms with Gasteiger partial charge in [0.2, 0.25) is 5.91 Å². The van der Waals surface area contributed by atoms with E-state index >= 15 is 0 Å². The molecular weight excluding hydrogens is 308 g/mol. The number of amidine groups is 1. The van der Waals surface area contributed by atoms with E-state index in [1.807, 2.05) is 12.1 Å². The minimum absolute atomic E-state index is 0.0399. The first kappa shape index (κ1) is 14.4. The number of anilines is 1. The third-order valence-corrected chi connectivity index (χ3v) is 4.58. The van der Waals surface area contributed by atoms with Gasteiger partial charge in [0.1, 0.15) is 0 Å². The van der Waals surface area contributed by atoms with E-state index in [4.69, 9.17) is 11.6 Å². The van der Waals surface area contributed by atoms with Gasteiger partial charge >= 0.3 is 0 Å². The molecule has 0 spiro atoms. The highest BCUT2D eigenvalue weighted by Crippen LogP contribution is 2.25. The van der Waals surface area contributed by atoms with Crippen LogP contribution in [0.15, 0.2) is 28.4 Å². The fourth-order valence-corrected chi connectivity index (χ4v) is 3.17. The van der Waals surface area contributed by atoms with Gasteiger partial charge in [-0.1, -0.05) is 23.4 Å². The molecule has 1 aromatic carbocycles. The van der Waals surface area contributed by atoms with Gasteiger partial charge < -0.3 is 10.2 Å². The summed E-state index contributed by atoms with van der Waals surface area (Å²) in [5.74, 6) is 0.363. The summed E-state index contributed by atoms with van der Waals surface area (Å²) in [5.41, 5.74) is 1.97. The molecule has 2 saturated heterocycles. The summed E-state index contributed by atoms with van der Waals surface area (Å²) in [6.07, 6.45) is 4.08. The SMILES string of the molecule is O=C1CSC(=NN=Cc2ccc(N3CCCC3)cc2Cl)N1.